The first-order valence-corrected chi connectivity index (χ1v) is 15.8. The summed E-state index contributed by atoms with van der Waals surface area (Å²) in [7, 11) is 1.73. The van der Waals surface area contributed by atoms with Crippen LogP contribution in [0.4, 0.5) is 5.82 Å². The molecule has 0 bridgehead atoms. The molecule has 1 aromatic heterocycles. The normalized spacial score (nSPS) is 17.2. The predicted molar refractivity (Wildman–Crippen MR) is 169 cm³/mol. The fraction of sp³-hybridized carbons (Fsp3) is 0.500. The van der Waals surface area contributed by atoms with Gasteiger partial charge in [-0.25, -0.2) is 0 Å². The summed E-state index contributed by atoms with van der Waals surface area (Å²) in [5, 5.41) is 9.80. The minimum Gasteiger partial charge on any atom is -0.357 e. The van der Waals surface area contributed by atoms with Gasteiger partial charge in [-0.05, 0) is 55.7 Å². The Bertz CT molecular complexity index is 1350. The van der Waals surface area contributed by atoms with Crippen LogP contribution in [0.15, 0.2) is 40.0 Å². The predicted octanol–water partition coefficient (Wildman–Crippen LogP) is 6.59. The number of aromatic nitrogens is 1. The third-order valence-electron chi connectivity index (χ3n) is 8.13. The zero-order valence-corrected chi connectivity index (χ0v) is 25.6. The van der Waals surface area contributed by atoms with Crippen molar-refractivity contribution in [1.29, 1.82) is 5.26 Å². The number of unbranched alkanes of at least 4 members (excludes halogenated alkanes) is 5. The van der Waals surface area contributed by atoms with Crippen LogP contribution in [0.5, 0.6) is 0 Å². The number of amides is 1. The molecule has 1 aromatic carbocycles. The minimum absolute atomic E-state index is 0.0807. The standard InChI is InChI=1S/C32H40N4O2S2/c1-4-5-6-7-8-12-17-36-31(38)28(40-32(36)39)21-26-23(2)27(22-33)30(37)34(3)29(26)35-18-15-25(16-19-35)20-24-13-10-9-11-14-24/h9-11,13-14,21,25H,4-8,12,15-20H2,1-3H3/b28-21+. The largest absolute Gasteiger partial charge is 0.357 e. The molecule has 6 nitrogen and oxygen atoms in total. The molecule has 0 radical (unpaired) electrons. The van der Waals surface area contributed by atoms with Gasteiger partial charge in [0.2, 0.25) is 0 Å². The molecule has 40 heavy (non-hydrogen) atoms. The number of piperidine rings is 1. The molecule has 2 fully saturated rings. The second kappa shape index (κ2) is 14.1. The molecule has 2 saturated heterocycles. The van der Waals surface area contributed by atoms with Crippen LogP contribution in [-0.2, 0) is 18.3 Å². The molecule has 0 saturated carbocycles. The molecule has 0 N–H and O–H groups in total. The number of anilines is 1. The van der Waals surface area contributed by atoms with E-state index in [4.69, 9.17) is 12.2 Å². The number of pyridine rings is 1. The Hall–Kier alpha value is -2.89. The van der Waals surface area contributed by atoms with Crippen molar-refractivity contribution in [1.82, 2.24) is 9.47 Å². The molecule has 0 unspecified atom stereocenters. The zero-order valence-electron chi connectivity index (χ0n) is 23.9. The Kier molecular flexibility index (Phi) is 10.6. The van der Waals surface area contributed by atoms with Gasteiger partial charge in [0.25, 0.3) is 11.5 Å². The molecule has 2 aliphatic rings. The molecule has 0 aliphatic carbocycles. The van der Waals surface area contributed by atoms with Crippen molar-refractivity contribution >= 4 is 46.1 Å². The van der Waals surface area contributed by atoms with Crippen LogP contribution < -0.4 is 10.5 Å². The number of hydrogen-bond donors (Lipinski definition) is 0. The quantitative estimate of drug-likeness (QED) is 0.171. The maximum absolute atomic E-state index is 13.4. The summed E-state index contributed by atoms with van der Waals surface area (Å²) in [4.78, 5) is 31.1. The van der Waals surface area contributed by atoms with Gasteiger partial charge in [0, 0.05) is 32.2 Å². The highest BCUT2D eigenvalue weighted by Gasteiger charge is 2.33. The maximum Gasteiger partial charge on any atom is 0.270 e. The molecule has 2 aromatic rings. The first kappa shape index (κ1) is 30.1. The second-order valence-corrected chi connectivity index (χ2v) is 12.6. The number of carbonyl (C=O) groups is 1. The van der Waals surface area contributed by atoms with Crippen molar-refractivity contribution in [3.63, 3.8) is 0 Å². The van der Waals surface area contributed by atoms with Gasteiger partial charge in [0.15, 0.2) is 0 Å². The lowest BCUT2D eigenvalue weighted by Gasteiger charge is -2.36. The van der Waals surface area contributed by atoms with Crippen LogP contribution in [0.25, 0.3) is 6.08 Å². The molecular formula is C32H40N4O2S2. The van der Waals surface area contributed by atoms with Gasteiger partial charge < -0.3 is 4.90 Å². The summed E-state index contributed by atoms with van der Waals surface area (Å²) in [5.41, 5.74) is 2.56. The summed E-state index contributed by atoms with van der Waals surface area (Å²) in [5.74, 6) is 1.28. The van der Waals surface area contributed by atoms with E-state index in [2.05, 4.69) is 42.2 Å². The van der Waals surface area contributed by atoms with E-state index >= 15 is 0 Å². The van der Waals surface area contributed by atoms with E-state index in [9.17, 15) is 14.9 Å². The monoisotopic (exact) mass is 576 g/mol. The van der Waals surface area contributed by atoms with Crippen LogP contribution in [0.3, 0.4) is 0 Å². The van der Waals surface area contributed by atoms with Crippen molar-refractivity contribution in [3.05, 3.63) is 67.8 Å². The van der Waals surface area contributed by atoms with Gasteiger partial charge in [0.05, 0.1) is 4.91 Å². The molecule has 0 atom stereocenters. The number of benzene rings is 1. The van der Waals surface area contributed by atoms with Crippen LogP contribution in [0.1, 0.15) is 80.5 Å². The lowest BCUT2D eigenvalue weighted by molar-refractivity contribution is -0.122. The molecular weight excluding hydrogens is 537 g/mol. The smallest absolute Gasteiger partial charge is 0.270 e. The Morgan fingerprint density at radius 1 is 1.07 bits per heavy atom. The summed E-state index contributed by atoms with van der Waals surface area (Å²) in [6, 6.07) is 12.7. The van der Waals surface area contributed by atoms with Crippen LogP contribution in [0.2, 0.25) is 0 Å². The molecule has 2 aliphatic heterocycles. The molecule has 1 amide bonds. The number of hydrogen-bond acceptors (Lipinski definition) is 6. The van der Waals surface area contributed by atoms with Gasteiger partial charge >= 0.3 is 0 Å². The maximum atomic E-state index is 13.4. The Labute approximate surface area is 248 Å². The Morgan fingerprint density at radius 3 is 2.42 bits per heavy atom. The van der Waals surface area contributed by atoms with E-state index in [0.717, 1.165) is 56.6 Å². The van der Waals surface area contributed by atoms with Crippen molar-refractivity contribution in [2.75, 3.05) is 24.5 Å². The fourth-order valence-corrected chi connectivity index (χ4v) is 7.06. The van der Waals surface area contributed by atoms with Crippen LogP contribution >= 0.6 is 24.0 Å². The van der Waals surface area contributed by atoms with Crippen LogP contribution in [-0.4, -0.2) is 39.3 Å². The lowest BCUT2D eigenvalue weighted by atomic mass is 9.90. The number of rotatable bonds is 11. The van der Waals surface area contributed by atoms with Crippen molar-refractivity contribution < 1.29 is 4.79 Å². The van der Waals surface area contributed by atoms with E-state index in [1.54, 1.807) is 16.5 Å². The minimum atomic E-state index is -0.297. The Balaban J connectivity index is 1.56. The van der Waals surface area contributed by atoms with E-state index in [1.807, 2.05) is 19.1 Å². The van der Waals surface area contributed by atoms with Gasteiger partial charge in [-0.1, -0.05) is 93.3 Å². The lowest BCUT2D eigenvalue weighted by Crippen LogP contribution is -2.39. The first-order chi connectivity index (χ1) is 19.3. The summed E-state index contributed by atoms with van der Waals surface area (Å²) in [6.45, 7) is 6.28. The average Bonchev–Trinajstić information content (AvgIpc) is 3.22. The highest BCUT2D eigenvalue weighted by Crippen LogP contribution is 2.37. The van der Waals surface area contributed by atoms with Gasteiger partial charge in [-0.15, -0.1) is 0 Å². The second-order valence-electron chi connectivity index (χ2n) is 10.9. The molecule has 3 heterocycles. The van der Waals surface area contributed by atoms with Crippen molar-refractivity contribution in [2.45, 2.75) is 71.6 Å². The van der Waals surface area contributed by atoms with Gasteiger partial charge in [0.1, 0.15) is 21.8 Å². The third-order valence-corrected chi connectivity index (χ3v) is 9.51. The summed E-state index contributed by atoms with van der Waals surface area (Å²) in [6.07, 6.45) is 11.8. The molecule has 0 spiro atoms. The number of thiocarbonyl (C=S) groups is 1. The van der Waals surface area contributed by atoms with Crippen molar-refractivity contribution in [3.8, 4) is 6.07 Å². The highest BCUT2D eigenvalue weighted by molar-refractivity contribution is 8.26. The zero-order chi connectivity index (χ0) is 28.6. The van der Waals surface area contributed by atoms with Crippen LogP contribution in [0, 0.1) is 24.2 Å². The van der Waals surface area contributed by atoms with E-state index < -0.39 is 0 Å². The Morgan fingerprint density at radius 2 is 1.75 bits per heavy atom. The van der Waals surface area contributed by atoms with E-state index in [0.29, 0.717) is 27.3 Å². The topological polar surface area (TPSA) is 69.3 Å². The van der Waals surface area contributed by atoms with E-state index in [1.165, 1.54) is 43.0 Å². The highest BCUT2D eigenvalue weighted by atomic mass is 32.2. The first-order valence-electron chi connectivity index (χ1n) is 14.5. The number of carbonyl (C=O) groups excluding carboxylic acids is 1. The molecule has 8 heteroatoms. The summed E-state index contributed by atoms with van der Waals surface area (Å²) < 4.78 is 2.17. The SMILES string of the molecule is CCCCCCCCN1C(=O)/C(=C\c2c(C)c(C#N)c(=O)n(C)c2N2CCC(Cc3ccccc3)CC2)SC1=S. The van der Waals surface area contributed by atoms with Gasteiger partial charge in [-0.2, -0.15) is 5.26 Å². The third kappa shape index (κ3) is 6.87. The average molecular weight is 577 g/mol. The van der Waals surface area contributed by atoms with Crippen molar-refractivity contribution in [2.24, 2.45) is 13.0 Å². The van der Waals surface area contributed by atoms with E-state index in [-0.39, 0.29) is 17.0 Å². The molecule has 212 valence electrons. The number of nitrogens with zero attached hydrogens (tertiary/aromatic N) is 4. The fourth-order valence-electron chi connectivity index (χ4n) is 5.76. The number of nitriles is 1. The molecule has 4 rings (SSSR count). The van der Waals surface area contributed by atoms with Gasteiger partial charge in [-0.3, -0.25) is 19.1 Å². The summed E-state index contributed by atoms with van der Waals surface area (Å²) >= 11 is 6.91. The number of thioether (sulfide) groups is 1.